The van der Waals surface area contributed by atoms with E-state index >= 15 is 0 Å². The molecule has 0 heterocycles. The first kappa shape index (κ1) is 97.1. The van der Waals surface area contributed by atoms with E-state index in [2.05, 4.69) is 48.5 Å². The van der Waals surface area contributed by atoms with Gasteiger partial charge in [0.05, 0.1) is 26.4 Å². The number of esters is 4. The van der Waals surface area contributed by atoms with Crippen LogP contribution in [-0.4, -0.2) is 96.7 Å². The molecule has 19 heteroatoms. The first-order chi connectivity index (χ1) is 47.8. The summed E-state index contributed by atoms with van der Waals surface area (Å²) in [5.41, 5.74) is 0. The number of carbonyl (C=O) groups excluding carboxylic acids is 4. The van der Waals surface area contributed by atoms with Crippen LogP contribution in [0.3, 0.4) is 0 Å². The highest BCUT2D eigenvalue weighted by molar-refractivity contribution is 7.47. The van der Waals surface area contributed by atoms with E-state index in [0.717, 1.165) is 108 Å². The van der Waals surface area contributed by atoms with Gasteiger partial charge in [0.2, 0.25) is 0 Å². The van der Waals surface area contributed by atoms with Gasteiger partial charge >= 0.3 is 39.5 Å². The fourth-order valence-electron chi connectivity index (χ4n) is 12.3. The third kappa shape index (κ3) is 72.8. The van der Waals surface area contributed by atoms with Crippen LogP contribution in [0.1, 0.15) is 414 Å². The Balaban J connectivity index is 5.19. The molecule has 0 aliphatic heterocycles. The van der Waals surface area contributed by atoms with E-state index in [1.54, 1.807) is 0 Å². The number of hydrogen-bond donors (Lipinski definition) is 3. The Hall–Kier alpha value is -1.94. The molecule has 0 saturated heterocycles. The highest BCUT2D eigenvalue weighted by atomic mass is 31.2. The maximum Gasteiger partial charge on any atom is 0.472 e. The maximum atomic E-state index is 13.1. The summed E-state index contributed by atoms with van der Waals surface area (Å²) in [6.07, 6.45) is 58.7. The van der Waals surface area contributed by atoms with Gasteiger partial charge in [0.15, 0.2) is 12.2 Å². The average Bonchev–Trinajstić information content (AvgIpc) is 0.983. The molecule has 0 amide bonds. The third-order valence-electron chi connectivity index (χ3n) is 19.0. The Morgan fingerprint density at radius 1 is 0.293 bits per heavy atom. The first-order valence-corrected chi connectivity index (χ1v) is 44.4. The SMILES string of the molecule is CCCCCCCCCCCCCCCCCCCCCCCCC(=O)O[C@H](COC(=O)CCCCCCCCCCCCCCCCC(C)C)COP(=O)(O)OC[C@@H](O)COP(=O)(O)OC[C@@H](COC(=O)CCCCCCCCC(C)CC)OC(=O)CCCCCCCCCC(C)C. The quantitative estimate of drug-likeness (QED) is 0.0222. The molecule has 0 aliphatic carbocycles. The van der Waals surface area contributed by atoms with Gasteiger partial charge in [0, 0.05) is 25.7 Å². The Morgan fingerprint density at radius 2 is 0.515 bits per heavy atom. The zero-order chi connectivity index (χ0) is 73.0. The largest absolute Gasteiger partial charge is 0.472 e. The molecule has 588 valence electrons. The van der Waals surface area contributed by atoms with Crippen molar-refractivity contribution in [2.24, 2.45) is 17.8 Å². The van der Waals surface area contributed by atoms with Crippen molar-refractivity contribution < 1.29 is 80.2 Å². The summed E-state index contributed by atoms with van der Waals surface area (Å²) < 4.78 is 68.6. The third-order valence-corrected chi connectivity index (χ3v) is 20.9. The van der Waals surface area contributed by atoms with Crippen LogP contribution in [0.25, 0.3) is 0 Å². The van der Waals surface area contributed by atoms with Gasteiger partial charge < -0.3 is 33.8 Å². The molecule has 3 unspecified atom stereocenters. The number of carbonyl (C=O) groups is 4. The molecule has 0 bridgehead atoms. The maximum absolute atomic E-state index is 13.1. The van der Waals surface area contributed by atoms with Crippen molar-refractivity contribution in [3.05, 3.63) is 0 Å². The smallest absolute Gasteiger partial charge is 0.462 e. The number of rotatable bonds is 78. The van der Waals surface area contributed by atoms with Crippen molar-refractivity contribution in [3.63, 3.8) is 0 Å². The van der Waals surface area contributed by atoms with E-state index in [9.17, 15) is 43.2 Å². The van der Waals surface area contributed by atoms with E-state index in [1.165, 1.54) is 218 Å². The van der Waals surface area contributed by atoms with Crippen LogP contribution in [0.5, 0.6) is 0 Å². The number of aliphatic hydroxyl groups excluding tert-OH is 1. The van der Waals surface area contributed by atoms with Crippen molar-refractivity contribution in [1.29, 1.82) is 0 Å². The van der Waals surface area contributed by atoms with Crippen LogP contribution in [0.4, 0.5) is 0 Å². The molecular formula is C80H156O17P2. The Labute approximate surface area is 607 Å². The summed E-state index contributed by atoms with van der Waals surface area (Å²) in [5.74, 6) is 0.107. The minimum atomic E-state index is -4.96. The highest BCUT2D eigenvalue weighted by Gasteiger charge is 2.30. The summed E-state index contributed by atoms with van der Waals surface area (Å²) in [6.45, 7) is 11.8. The van der Waals surface area contributed by atoms with E-state index < -0.39 is 97.5 Å². The van der Waals surface area contributed by atoms with Crippen LogP contribution in [-0.2, 0) is 65.4 Å². The summed E-state index contributed by atoms with van der Waals surface area (Å²) in [4.78, 5) is 72.9. The Kier molecular flexibility index (Phi) is 69.0. The van der Waals surface area contributed by atoms with Crippen LogP contribution >= 0.6 is 15.6 Å². The number of phosphoric ester groups is 2. The monoisotopic (exact) mass is 1450 g/mol. The zero-order valence-electron chi connectivity index (χ0n) is 65.0. The lowest BCUT2D eigenvalue weighted by Gasteiger charge is -2.21. The van der Waals surface area contributed by atoms with Crippen molar-refractivity contribution in [2.75, 3.05) is 39.6 Å². The molecule has 0 spiro atoms. The topological polar surface area (TPSA) is 237 Å². The van der Waals surface area contributed by atoms with Gasteiger partial charge in [-0.3, -0.25) is 37.3 Å². The number of hydrogen-bond acceptors (Lipinski definition) is 15. The second kappa shape index (κ2) is 70.4. The van der Waals surface area contributed by atoms with E-state index in [1.807, 2.05) is 0 Å². The van der Waals surface area contributed by atoms with Crippen molar-refractivity contribution in [1.82, 2.24) is 0 Å². The lowest BCUT2D eigenvalue weighted by atomic mass is 10.00. The molecule has 0 aliphatic rings. The predicted octanol–water partition coefficient (Wildman–Crippen LogP) is 23.7. The predicted molar refractivity (Wildman–Crippen MR) is 405 cm³/mol. The molecule has 0 saturated carbocycles. The van der Waals surface area contributed by atoms with E-state index in [0.29, 0.717) is 31.6 Å². The number of aliphatic hydroxyl groups is 1. The van der Waals surface area contributed by atoms with Crippen LogP contribution in [0, 0.1) is 17.8 Å². The van der Waals surface area contributed by atoms with E-state index in [4.69, 9.17) is 37.0 Å². The molecule has 3 N–H and O–H groups in total. The second-order valence-corrected chi connectivity index (χ2v) is 32.9. The van der Waals surface area contributed by atoms with Gasteiger partial charge in [0.25, 0.3) is 0 Å². The summed E-state index contributed by atoms with van der Waals surface area (Å²) >= 11 is 0. The molecule has 99 heavy (non-hydrogen) atoms. The molecule has 0 aromatic rings. The Bertz CT molecular complexity index is 1920. The van der Waals surface area contributed by atoms with Gasteiger partial charge in [-0.2, -0.15) is 0 Å². The summed E-state index contributed by atoms with van der Waals surface area (Å²) in [6, 6.07) is 0. The lowest BCUT2D eigenvalue weighted by molar-refractivity contribution is -0.161. The zero-order valence-corrected chi connectivity index (χ0v) is 66.8. The number of ether oxygens (including phenoxy) is 4. The van der Waals surface area contributed by atoms with Crippen LogP contribution < -0.4 is 0 Å². The van der Waals surface area contributed by atoms with Crippen molar-refractivity contribution >= 4 is 39.5 Å². The highest BCUT2D eigenvalue weighted by Crippen LogP contribution is 2.45. The normalized spacial score (nSPS) is 14.3. The van der Waals surface area contributed by atoms with Gasteiger partial charge in [-0.25, -0.2) is 9.13 Å². The van der Waals surface area contributed by atoms with Gasteiger partial charge in [-0.1, -0.05) is 363 Å². The van der Waals surface area contributed by atoms with Gasteiger partial charge in [0.1, 0.15) is 19.3 Å². The second-order valence-electron chi connectivity index (χ2n) is 30.0. The molecule has 0 rings (SSSR count). The minimum absolute atomic E-state index is 0.103. The lowest BCUT2D eigenvalue weighted by Crippen LogP contribution is -2.30. The van der Waals surface area contributed by atoms with Crippen molar-refractivity contribution in [2.45, 2.75) is 433 Å². The molecule has 17 nitrogen and oxygen atoms in total. The molecule has 0 aromatic heterocycles. The summed E-state index contributed by atoms with van der Waals surface area (Å²) in [5, 5.41) is 10.6. The average molecular weight is 1450 g/mol. The van der Waals surface area contributed by atoms with E-state index in [-0.39, 0.29) is 25.7 Å². The minimum Gasteiger partial charge on any atom is -0.462 e. The fraction of sp³-hybridized carbons (Fsp3) is 0.950. The molecule has 0 aromatic carbocycles. The number of unbranched alkanes of at least 4 members (excludes halogenated alkanes) is 45. The van der Waals surface area contributed by atoms with Crippen LogP contribution in [0.15, 0.2) is 0 Å². The summed E-state index contributed by atoms with van der Waals surface area (Å²) in [7, 11) is -9.92. The van der Waals surface area contributed by atoms with Gasteiger partial charge in [-0.05, 0) is 43.4 Å². The van der Waals surface area contributed by atoms with Gasteiger partial charge in [-0.15, -0.1) is 0 Å². The van der Waals surface area contributed by atoms with Crippen molar-refractivity contribution in [3.8, 4) is 0 Å². The fourth-order valence-corrected chi connectivity index (χ4v) is 13.9. The molecular weight excluding hydrogens is 1290 g/mol. The molecule has 6 atom stereocenters. The molecule has 0 fully saturated rings. The molecule has 0 radical (unpaired) electrons. The first-order valence-electron chi connectivity index (χ1n) is 41.4. The Morgan fingerprint density at radius 3 is 0.768 bits per heavy atom. The van der Waals surface area contributed by atoms with Crippen LogP contribution in [0.2, 0.25) is 0 Å². The standard InChI is InChI=1S/C80H156O17P2/c1-8-10-11-12-13-14-15-16-17-18-19-20-21-22-23-24-29-32-35-40-49-56-63-79(84)96-75(67-90-77(82)61-54-47-39-34-31-28-26-25-27-30-33-37-44-51-58-71(3)4)69-94-98(86,87)92-65-74(81)66-93-99(88,89)95-70-76(97-80(85)64-57-50-41-36-38-45-52-59-72(5)6)68-91-78(83)62-55-48-43-42-46-53-60-73(7)9-2/h71-76,81H,8-70H2,1-7H3,(H,86,87)(H,88,89)/t73?,74-,75-,76-/m1/s1. The number of phosphoric acid groups is 2.